The van der Waals surface area contributed by atoms with Gasteiger partial charge in [-0.15, -0.1) is 10.2 Å². The van der Waals surface area contributed by atoms with Crippen LogP contribution in [0.15, 0.2) is 36.7 Å². The zero-order valence-electron chi connectivity index (χ0n) is 11.0. The number of hydrogen-bond acceptors (Lipinski definition) is 4. The van der Waals surface area contributed by atoms with Gasteiger partial charge in [-0.25, -0.2) is 0 Å². The second kappa shape index (κ2) is 4.75. The van der Waals surface area contributed by atoms with Crippen molar-refractivity contribution in [2.45, 2.75) is 25.6 Å². The number of fused-ring (bicyclic) bond motifs is 1. The van der Waals surface area contributed by atoms with Crippen LogP contribution in [-0.2, 0) is 18.7 Å². The maximum Gasteiger partial charge on any atom is 0.147 e. The summed E-state index contributed by atoms with van der Waals surface area (Å²) in [6, 6.07) is 9.80. The fraction of sp³-hybridized carbons (Fsp3) is 0.429. The average Bonchev–Trinajstić information content (AvgIpc) is 2.87. The standard InChI is InChI=1S/C14H18N4O/c1-14(19,12-5-3-2-4-6-12)10-17-7-8-18-11-15-16-13(18)9-17/h2-6,11,19H,7-10H2,1H3. The van der Waals surface area contributed by atoms with Gasteiger partial charge in [0.15, 0.2) is 0 Å². The second-order valence-electron chi connectivity index (χ2n) is 5.29. The van der Waals surface area contributed by atoms with Crippen LogP contribution in [0.4, 0.5) is 0 Å². The SMILES string of the molecule is CC(O)(CN1CCn2cnnc2C1)c1ccccc1. The minimum Gasteiger partial charge on any atom is -0.384 e. The summed E-state index contributed by atoms with van der Waals surface area (Å²) in [5.41, 5.74) is 0.103. The molecule has 1 aromatic heterocycles. The number of β-amino-alcohol motifs (C(OH)–C–C–N with tert-alkyl or cyclic N) is 1. The Morgan fingerprint density at radius 1 is 1.26 bits per heavy atom. The van der Waals surface area contributed by atoms with Gasteiger partial charge in [0.05, 0.1) is 12.1 Å². The third kappa shape index (κ3) is 2.52. The van der Waals surface area contributed by atoms with E-state index in [1.807, 2.05) is 37.3 Å². The molecule has 5 heteroatoms. The monoisotopic (exact) mass is 258 g/mol. The molecule has 19 heavy (non-hydrogen) atoms. The summed E-state index contributed by atoms with van der Waals surface area (Å²) in [6.45, 7) is 5.00. The van der Waals surface area contributed by atoms with E-state index >= 15 is 0 Å². The Morgan fingerprint density at radius 3 is 2.84 bits per heavy atom. The first kappa shape index (κ1) is 12.3. The third-order valence-electron chi connectivity index (χ3n) is 3.65. The Morgan fingerprint density at radius 2 is 2.05 bits per heavy atom. The summed E-state index contributed by atoms with van der Waals surface area (Å²) in [7, 11) is 0. The van der Waals surface area contributed by atoms with Crippen LogP contribution in [0.3, 0.4) is 0 Å². The molecule has 1 unspecified atom stereocenters. The summed E-state index contributed by atoms with van der Waals surface area (Å²) in [4.78, 5) is 2.22. The molecule has 1 atom stereocenters. The Balaban J connectivity index is 1.72. The molecule has 0 fully saturated rings. The lowest BCUT2D eigenvalue weighted by atomic mass is 9.95. The second-order valence-corrected chi connectivity index (χ2v) is 5.29. The zero-order chi connectivity index (χ0) is 13.3. The number of nitrogens with zero attached hydrogens (tertiary/aromatic N) is 4. The van der Waals surface area contributed by atoms with E-state index in [1.165, 1.54) is 0 Å². The molecule has 0 bridgehead atoms. The summed E-state index contributed by atoms with van der Waals surface area (Å²) in [6.07, 6.45) is 1.77. The van der Waals surface area contributed by atoms with Crippen LogP contribution in [0.1, 0.15) is 18.3 Å². The molecule has 0 saturated heterocycles. The van der Waals surface area contributed by atoms with E-state index in [4.69, 9.17) is 0 Å². The number of aliphatic hydroxyl groups is 1. The third-order valence-corrected chi connectivity index (χ3v) is 3.65. The smallest absolute Gasteiger partial charge is 0.147 e. The molecule has 2 heterocycles. The molecular formula is C14H18N4O. The Labute approximate surface area is 112 Å². The Hall–Kier alpha value is -1.72. The number of benzene rings is 1. The van der Waals surface area contributed by atoms with Crippen molar-refractivity contribution >= 4 is 0 Å². The van der Waals surface area contributed by atoms with Gasteiger partial charge < -0.3 is 9.67 Å². The van der Waals surface area contributed by atoms with Crippen LogP contribution in [0.25, 0.3) is 0 Å². The van der Waals surface area contributed by atoms with Crippen molar-refractivity contribution in [2.75, 3.05) is 13.1 Å². The predicted molar refractivity (Wildman–Crippen MR) is 71.3 cm³/mol. The molecule has 2 aromatic rings. The van der Waals surface area contributed by atoms with Gasteiger partial charge in [-0.1, -0.05) is 30.3 Å². The maximum atomic E-state index is 10.7. The Kier molecular flexibility index (Phi) is 3.08. The van der Waals surface area contributed by atoms with Crippen LogP contribution < -0.4 is 0 Å². The van der Waals surface area contributed by atoms with Crippen LogP contribution in [0, 0.1) is 0 Å². The van der Waals surface area contributed by atoms with E-state index in [1.54, 1.807) is 6.33 Å². The van der Waals surface area contributed by atoms with Crippen molar-refractivity contribution in [3.05, 3.63) is 48.0 Å². The molecule has 1 N–H and O–H groups in total. The van der Waals surface area contributed by atoms with Crippen LogP contribution in [0.5, 0.6) is 0 Å². The van der Waals surface area contributed by atoms with Gasteiger partial charge in [0.1, 0.15) is 12.2 Å². The molecule has 0 radical (unpaired) electrons. The highest BCUT2D eigenvalue weighted by atomic mass is 16.3. The summed E-state index contributed by atoms with van der Waals surface area (Å²) < 4.78 is 2.06. The molecule has 0 amide bonds. The number of hydrogen-bond donors (Lipinski definition) is 1. The molecular weight excluding hydrogens is 240 g/mol. The van der Waals surface area contributed by atoms with E-state index in [9.17, 15) is 5.11 Å². The van der Waals surface area contributed by atoms with Gasteiger partial charge in [0.25, 0.3) is 0 Å². The number of aromatic nitrogens is 3. The van der Waals surface area contributed by atoms with E-state index in [0.717, 1.165) is 31.0 Å². The van der Waals surface area contributed by atoms with Crippen molar-refractivity contribution in [3.8, 4) is 0 Å². The van der Waals surface area contributed by atoms with Crippen LogP contribution in [-0.4, -0.2) is 37.9 Å². The van der Waals surface area contributed by atoms with Gasteiger partial charge >= 0.3 is 0 Å². The van der Waals surface area contributed by atoms with Gasteiger partial charge in [0, 0.05) is 19.6 Å². The Bertz CT molecular complexity index is 550. The summed E-state index contributed by atoms with van der Waals surface area (Å²) >= 11 is 0. The van der Waals surface area contributed by atoms with E-state index in [0.29, 0.717) is 6.54 Å². The predicted octanol–water partition coefficient (Wildman–Crippen LogP) is 1.00. The first-order valence-electron chi connectivity index (χ1n) is 6.52. The van der Waals surface area contributed by atoms with Gasteiger partial charge in [-0.2, -0.15) is 0 Å². The lowest BCUT2D eigenvalue weighted by Gasteiger charge is -2.34. The minimum atomic E-state index is -0.844. The summed E-state index contributed by atoms with van der Waals surface area (Å²) in [5.74, 6) is 0.968. The van der Waals surface area contributed by atoms with Crippen molar-refractivity contribution in [1.29, 1.82) is 0 Å². The highest BCUT2D eigenvalue weighted by Crippen LogP contribution is 2.23. The topological polar surface area (TPSA) is 54.2 Å². The largest absolute Gasteiger partial charge is 0.384 e. The average molecular weight is 258 g/mol. The molecule has 3 rings (SSSR count). The fourth-order valence-corrected chi connectivity index (χ4v) is 2.58. The molecule has 0 aliphatic carbocycles. The molecule has 100 valence electrons. The highest BCUT2D eigenvalue weighted by Gasteiger charge is 2.28. The quantitative estimate of drug-likeness (QED) is 0.892. The van der Waals surface area contributed by atoms with Crippen molar-refractivity contribution in [2.24, 2.45) is 0 Å². The lowest BCUT2D eigenvalue weighted by molar-refractivity contribution is 0.00743. The first-order valence-corrected chi connectivity index (χ1v) is 6.52. The maximum absolute atomic E-state index is 10.7. The first-order chi connectivity index (χ1) is 9.15. The normalized spacial score (nSPS) is 18.8. The van der Waals surface area contributed by atoms with Gasteiger partial charge in [-0.3, -0.25) is 4.90 Å². The van der Waals surface area contributed by atoms with Crippen molar-refractivity contribution < 1.29 is 5.11 Å². The summed E-state index contributed by atoms with van der Waals surface area (Å²) in [5, 5.41) is 18.7. The molecule has 0 spiro atoms. The molecule has 1 aliphatic rings. The van der Waals surface area contributed by atoms with Gasteiger partial charge in [0.2, 0.25) is 0 Å². The fourth-order valence-electron chi connectivity index (χ4n) is 2.58. The minimum absolute atomic E-state index is 0.601. The van der Waals surface area contributed by atoms with Gasteiger partial charge in [-0.05, 0) is 12.5 Å². The molecule has 5 nitrogen and oxygen atoms in total. The highest BCUT2D eigenvalue weighted by molar-refractivity contribution is 5.21. The molecule has 1 aliphatic heterocycles. The van der Waals surface area contributed by atoms with Crippen molar-refractivity contribution in [1.82, 2.24) is 19.7 Å². The van der Waals surface area contributed by atoms with E-state index < -0.39 is 5.60 Å². The van der Waals surface area contributed by atoms with E-state index in [2.05, 4.69) is 19.7 Å². The van der Waals surface area contributed by atoms with Crippen molar-refractivity contribution in [3.63, 3.8) is 0 Å². The van der Waals surface area contributed by atoms with E-state index in [-0.39, 0.29) is 0 Å². The number of rotatable bonds is 3. The zero-order valence-corrected chi connectivity index (χ0v) is 11.0. The lowest BCUT2D eigenvalue weighted by Crippen LogP contribution is -2.42. The van der Waals surface area contributed by atoms with Crippen LogP contribution >= 0.6 is 0 Å². The molecule has 0 saturated carbocycles. The molecule has 1 aromatic carbocycles. The van der Waals surface area contributed by atoms with Crippen LogP contribution in [0.2, 0.25) is 0 Å².